The first-order valence-corrected chi connectivity index (χ1v) is 8.94. The molecule has 0 radical (unpaired) electrons. The summed E-state index contributed by atoms with van der Waals surface area (Å²) in [7, 11) is 3.51. The lowest BCUT2D eigenvalue weighted by atomic mass is 10.0. The van der Waals surface area contributed by atoms with Crippen LogP contribution in [0.3, 0.4) is 0 Å². The van der Waals surface area contributed by atoms with Gasteiger partial charge in [0.2, 0.25) is 11.6 Å². The molecule has 0 atom stereocenters. The van der Waals surface area contributed by atoms with E-state index >= 15 is 0 Å². The van der Waals surface area contributed by atoms with Gasteiger partial charge in [0.1, 0.15) is 0 Å². The first kappa shape index (κ1) is 19.3. The molecule has 0 saturated heterocycles. The molecule has 2 heterocycles. The summed E-state index contributed by atoms with van der Waals surface area (Å²) in [4.78, 5) is 42.0. The highest BCUT2D eigenvalue weighted by molar-refractivity contribution is 5.79. The summed E-state index contributed by atoms with van der Waals surface area (Å²) >= 11 is 0. The largest absolute Gasteiger partial charge is 0.481 e. The van der Waals surface area contributed by atoms with Gasteiger partial charge in [0.15, 0.2) is 0 Å². The minimum atomic E-state index is -0.745. The Morgan fingerprint density at radius 3 is 2.68 bits per heavy atom. The van der Waals surface area contributed by atoms with Crippen LogP contribution in [-0.4, -0.2) is 50.3 Å². The summed E-state index contributed by atoms with van der Waals surface area (Å²) in [6.45, 7) is 1.60. The quantitative estimate of drug-likeness (QED) is 0.561. The van der Waals surface area contributed by atoms with E-state index in [1.807, 2.05) is 22.7 Å². The standard InChI is InChI=1S/C17H16N4O2.C3H6O2/c1-20(2)14(22)8-10-3-4-12-11(7-10)9-13-15(12)19-17(23)16-18-5-6-21(13)16;1-2-3(4)5/h3-7H,8-9H2,1-2H3,(H,19,23);2H2,1H3,(H,4,5). The molecule has 28 heavy (non-hydrogen) atoms. The number of carbonyl (C=O) groups excluding carboxylic acids is 1. The molecule has 1 aliphatic carbocycles. The number of aliphatic carboxylic acids is 1. The zero-order chi connectivity index (χ0) is 20.4. The van der Waals surface area contributed by atoms with Crippen LogP contribution >= 0.6 is 0 Å². The van der Waals surface area contributed by atoms with Crippen LogP contribution in [0, 0.1) is 0 Å². The zero-order valence-corrected chi connectivity index (χ0v) is 16.0. The Labute approximate surface area is 161 Å². The lowest BCUT2D eigenvalue weighted by Crippen LogP contribution is -2.23. The minimum absolute atomic E-state index is 0.0749. The van der Waals surface area contributed by atoms with E-state index in [-0.39, 0.29) is 17.9 Å². The SMILES string of the molecule is CCC(=O)O.CN(C)C(=O)Cc1ccc2c(c1)Cc1c-2[nH]c(=O)c2nccn12. The van der Waals surface area contributed by atoms with Crippen LogP contribution in [0.5, 0.6) is 0 Å². The Balaban J connectivity index is 0.000000403. The fourth-order valence-corrected chi connectivity index (χ4v) is 3.11. The van der Waals surface area contributed by atoms with Crippen LogP contribution in [0.15, 0.2) is 35.4 Å². The molecule has 4 rings (SSSR count). The van der Waals surface area contributed by atoms with Crippen molar-refractivity contribution in [1.82, 2.24) is 19.3 Å². The minimum Gasteiger partial charge on any atom is -0.481 e. The van der Waals surface area contributed by atoms with E-state index in [1.54, 1.807) is 32.1 Å². The number of carbonyl (C=O) groups is 2. The number of amides is 1. The molecule has 0 bridgehead atoms. The molecule has 1 amide bonds. The number of carboxylic acid groups (broad SMARTS) is 1. The van der Waals surface area contributed by atoms with Gasteiger partial charge in [0.05, 0.1) is 17.8 Å². The van der Waals surface area contributed by atoms with Crippen LogP contribution in [0.25, 0.3) is 16.9 Å². The molecule has 0 fully saturated rings. The van der Waals surface area contributed by atoms with Crippen molar-refractivity contribution < 1.29 is 14.7 Å². The van der Waals surface area contributed by atoms with E-state index in [2.05, 4.69) is 16.0 Å². The summed E-state index contributed by atoms with van der Waals surface area (Å²) in [5.74, 6) is -0.670. The van der Waals surface area contributed by atoms with Crippen LogP contribution in [0.1, 0.15) is 30.2 Å². The van der Waals surface area contributed by atoms with Gasteiger partial charge in [-0.2, -0.15) is 0 Å². The maximum Gasteiger partial charge on any atom is 0.303 e. The number of benzene rings is 1. The summed E-state index contributed by atoms with van der Waals surface area (Å²) in [6.07, 6.45) is 4.77. The Morgan fingerprint density at radius 2 is 2.04 bits per heavy atom. The number of H-pyrrole nitrogens is 1. The third-order valence-electron chi connectivity index (χ3n) is 4.62. The normalized spacial score (nSPS) is 11.4. The third kappa shape index (κ3) is 3.66. The number of likely N-dealkylation sites (N-methyl/N-ethyl adjacent to an activating group) is 1. The molecule has 1 aliphatic rings. The number of hydrogen-bond acceptors (Lipinski definition) is 4. The smallest absolute Gasteiger partial charge is 0.303 e. The number of nitrogens with zero attached hydrogens (tertiary/aromatic N) is 3. The number of fused-ring (bicyclic) bond motifs is 5. The van der Waals surface area contributed by atoms with Crippen molar-refractivity contribution in [3.8, 4) is 11.3 Å². The van der Waals surface area contributed by atoms with Gasteiger partial charge < -0.3 is 15.0 Å². The van der Waals surface area contributed by atoms with Gasteiger partial charge in [0, 0.05) is 44.9 Å². The predicted octanol–water partition coefficient (Wildman–Crippen LogP) is 1.71. The van der Waals surface area contributed by atoms with Crippen LogP contribution in [0.4, 0.5) is 0 Å². The zero-order valence-electron chi connectivity index (χ0n) is 16.0. The number of aromatic nitrogens is 3. The van der Waals surface area contributed by atoms with Gasteiger partial charge in [-0.25, -0.2) is 4.98 Å². The summed E-state index contributed by atoms with van der Waals surface area (Å²) in [5, 5.41) is 7.72. The fourth-order valence-electron chi connectivity index (χ4n) is 3.11. The molecule has 8 heteroatoms. The number of hydrogen-bond donors (Lipinski definition) is 2. The maximum atomic E-state index is 12.1. The highest BCUT2D eigenvalue weighted by atomic mass is 16.4. The number of rotatable bonds is 3. The second-order valence-electron chi connectivity index (χ2n) is 6.78. The number of aromatic amines is 1. The van der Waals surface area contributed by atoms with E-state index in [1.165, 1.54) is 0 Å². The van der Waals surface area contributed by atoms with Crippen molar-refractivity contribution >= 4 is 17.5 Å². The Kier molecular flexibility index (Phi) is 5.30. The van der Waals surface area contributed by atoms with Crippen molar-refractivity contribution in [1.29, 1.82) is 0 Å². The third-order valence-corrected chi connectivity index (χ3v) is 4.62. The molecule has 146 valence electrons. The van der Waals surface area contributed by atoms with Gasteiger partial charge in [-0.3, -0.25) is 18.8 Å². The molecule has 2 aromatic heterocycles. The first-order valence-electron chi connectivity index (χ1n) is 8.94. The molecule has 0 saturated carbocycles. The average molecular weight is 382 g/mol. The molecule has 3 aromatic rings. The lowest BCUT2D eigenvalue weighted by molar-refractivity contribution is -0.136. The van der Waals surface area contributed by atoms with Crippen molar-refractivity contribution in [2.75, 3.05) is 14.1 Å². The predicted molar refractivity (Wildman–Crippen MR) is 104 cm³/mol. The maximum absolute atomic E-state index is 12.1. The molecular formula is C20H22N4O4. The summed E-state index contributed by atoms with van der Waals surface area (Å²) < 4.78 is 1.85. The molecule has 0 unspecified atom stereocenters. The van der Waals surface area contributed by atoms with E-state index in [4.69, 9.17) is 5.11 Å². The second-order valence-corrected chi connectivity index (χ2v) is 6.78. The van der Waals surface area contributed by atoms with Gasteiger partial charge in [-0.1, -0.05) is 25.1 Å². The van der Waals surface area contributed by atoms with Gasteiger partial charge in [-0.15, -0.1) is 0 Å². The van der Waals surface area contributed by atoms with Gasteiger partial charge >= 0.3 is 5.97 Å². The van der Waals surface area contributed by atoms with Crippen LogP contribution < -0.4 is 5.56 Å². The van der Waals surface area contributed by atoms with Crippen LogP contribution in [-0.2, 0) is 22.4 Å². The van der Waals surface area contributed by atoms with Gasteiger partial charge in [0.25, 0.3) is 5.56 Å². The summed E-state index contributed by atoms with van der Waals surface area (Å²) in [5.41, 5.74) is 5.24. The van der Waals surface area contributed by atoms with Crippen molar-refractivity contribution in [2.24, 2.45) is 0 Å². The molecule has 8 nitrogen and oxygen atoms in total. The van der Waals surface area contributed by atoms with Crippen molar-refractivity contribution in [3.63, 3.8) is 0 Å². The fraction of sp³-hybridized carbons (Fsp3) is 0.300. The lowest BCUT2D eigenvalue weighted by Gasteiger charge is -2.10. The van der Waals surface area contributed by atoms with E-state index in [0.29, 0.717) is 12.1 Å². The topological polar surface area (TPSA) is 108 Å². The molecular weight excluding hydrogens is 360 g/mol. The van der Waals surface area contributed by atoms with E-state index in [0.717, 1.165) is 34.5 Å². The second kappa shape index (κ2) is 7.67. The number of nitrogens with one attached hydrogen (secondary N) is 1. The summed E-state index contributed by atoms with van der Waals surface area (Å²) in [6, 6.07) is 5.99. The monoisotopic (exact) mass is 382 g/mol. The Morgan fingerprint density at radius 1 is 1.32 bits per heavy atom. The van der Waals surface area contributed by atoms with Crippen LogP contribution in [0.2, 0.25) is 0 Å². The Bertz CT molecular complexity index is 1110. The van der Waals surface area contributed by atoms with Crippen molar-refractivity contribution in [3.05, 3.63) is 57.8 Å². The molecule has 0 spiro atoms. The average Bonchev–Trinajstić information content (AvgIpc) is 3.27. The van der Waals surface area contributed by atoms with E-state index < -0.39 is 5.97 Å². The number of carboxylic acids is 1. The number of imidazole rings is 1. The highest BCUT2D eigenvalue weighted by Crippen LogP contribution is 2.35. The van der Waals surface area contributed by atoms with Gasteiger partial charge in [-0.05, 0) is 11.1 Å². The molecule has 0 aliphatic heterocycles. The Hall–Kier alpha value is -3.42. The first-order chi connectivity index (χ1) is 13.3. The molecule has 2 N–H and O–H groups in total. The van der Waals surface area contributed by atoms with E-state index in [9.17, 15) is 14.4 Å². The highest BCUT2D eigenvalue weighted by Gasteiger charge is 2.23. The van der Waals surface area contributed by atoms with Crippen molar-refractivity contribution in [2.45, 2.75) is 26.2 Å². The molecule has 1 aromatic carbocycles.